The van der Waals surface area contributed by atoms with E-state index in [-0.39, 0.29) is 75.3 Å². The molecule has 4 aromatic rings. The number of ether oxygens (including phenoxy) is 1. The van der Waals surface area contributed by atoms with Crippen molar-refractivity contribution >= 4 is 11.6 Å². The number of ketones is 2. The van der Waals surface area contributed by atoms with E-state index < -0.39 is 46.9 Å². The van der Waals surface area contributed by atoms with Gasteiger partial charge in [0.15, 0.2) is 11.6 Å². The second-order valence-corrected chi connectivity index (χ2v) is 11.7. The molecule has 0 saturated heterocycles. The third kappa shape index (κ3) is 5.25. The molecule has 0 spiro atoms. The Morgan fingerprint density at radius 3 is 2.07 bits per heavy atom. The Morgan fingerprint density at radius 2 is 1.37 bits per heavy atom. The summed E-state index contributed by atoms with van der Waals surface area (Å²) < 4.78 is 5.94. The lowest BCUT2D eigenvalue weighted by molar-refractivity contribution is 0.0841. The van der Waals surface area contributed by atoms with Crippen molar-refractivity contribution in [3.63, 3.8) is 0 Å². The van der Waals surface area contributed by atoms with Crippen molar-refractivity contribution in [2.75, 3.05) is 0 Å². The zero-order valence-electron chi connectivity index (χ0n) is 24.4. The summed E-state index contributed by atoms with van der Waals surface area (Å²) in [7, 11) is 0. The molecule has 1 heterocycles. The van der Waals surface area contributed by atoms with Crippen LogP contribution in [-0.4, -0.2) is 52.4 Å². The highest BCUT2D eigenvalue weighted by Gasteiger charge is 2.43. The Balaban J connectivity index is 1.51. The lowest BCUT2D eigenvalue weighted by Gasteiger charge is -2.37. The van der Waals surface area contributed by atoms with Gasteiger partial charge in [-0.1, -0.05) is 17.7 Å². The van der Waals surface area contributed by atoms with Gasteiger partial charge >= 0.3 is 0 Å². The molecule has 2 aliphatic rings. The van der Waals surface area contributed by atoms with Crippen molar-refractivity contribution in [3.8, 4) is 51.7 Å². The van der Waals surface area contributed by atoms with Gasteiger partial charge in [-0.15, -0.1) is 0 Å². The molecule has 0 aromatic heterocycles. The Morgan fingerprint density at radius 1 is 0.717 bits per heavy atom. The van der Waals surface area contributed by atoms with Crippen LogP contribution >= 0.6 is 0 Å². The molecular weight excluding hydrogens is 596 g/mol. The maximum absolute atomic E-state index is 14.3. The van der Waals surface area contributed by atoms with Gasteiger partial charge in [-0.25, -0.2) is 0 Å². The van der Waals surface area contributed by atoms with E-state index in [4.69, 9.17) is 4.74 Å². The van der Waals surface area contributed by atoms with Crippen LogP contribution in [0.1, 0.15) is 75.1 Å². The smallest absolute Gasteiger partial charge is 0.174 e. The van der Waals surface area contributed by atoms with E-state index in [0.29, 0.717) is 5.56 Å². The molecule has 4 aromatic carbocycles. The minimum Gasteiger partial charge on any atom is -0.508 e. The summed E-state index contributed by atoms with van der Waals surface area (Å²) in [4.78, 5) is 27.4. The first kappa shape index (κ1) is 30.2. The molecule has 0 fully saturated rings. The summed E-state index contributed by atoms with van der Waals surface area (Å²) >= 11 is 0. The van der Waals surface area contributed by atoms with Gasteiger partial charge in [-0.2, -0.15) is 0 Å². The molecule has 0 saturated carbocycles. The summed E-state index contributed by atoms with van der Waals surface area (Å²) in [5.41, 5.74) is 0.912. The lowest BCUT2D eigenvalue weighted by Crippen LogP contribution is -2.32. The minimum atomic E-state index is -1.13. The maximum Gasteiger partial charge on any atom is 0.174 e. The summed E-state index contributed by atoms with van der Waals surface area (Å²) in [5.74, 6) is -6.97. The number of Topliss-reactive ketones (excluding diaryl/α,β-unsaturated/α-hetero) is 2. The maximum atomic E-state index is 14.3. The van der Waals surface area contributed by atoms with Gasteiger partial charge in [0.1, 0.15) is 63.4 Å². The highest BCUT2D eigenvalue weighted by atomic mass is 16.5. The Kier molecular flexibility index (Phi) is 7.39. The Hall–Kier alpha value is -5.84. The molecular formula is C35H30O11. The molecule has 0 bridgehead atoms. The van der Waals surface area contributed by atoms with Gasteiger partial charge in [0.25, 0.3) is 0 Å². The third-order valence-electron chi connectivity index (χ3n) is 8.62. The summed E-state index contributed by atoms with van der Waals surface area (Å²) in [5, 5.41) is 84.3. The number of phenolic OH excluding ortho intramolecular Hbond substituents is 8. The lowest BCUT2D eigenvalue weighted by atomic mass is 9.65. The number of allylic oxidation sites excluding steroid dienone is 2. The first-order chi connectivity index (χ1) is 21.8. The van der Waals surface area contributed by atoms with Gasteiger partial charge in [0.05, 0.1) is 6.42 Å². The predicted molar refractivity (Wildman–Crippen MR) is 163 cm³/mol. The minimum absolute atomic E-state index is 0.0590. The highest BCUT2D eigenvalue weighted by molar-refractivity contribution is 6.03. The second kappa shape index (κ2) is 11.3. The monoisotopic (exact) mass is 626 g/mol. The fraction of sp³-hybridized carbons (Fsp3) is 0.200. The molecule has 1 aliphatic carbocycles. The number of carbonyl (C=O) groups is 2. The van der Waals surface area contributed by atoms with Gasteiger partial charge < -0.3 is 45.6 Å². The van der Waals surface area contributed by atoms with Crippen molar-refractivity contribution in [3.05, 3.63) is 100 Å². The van der Waals surface area contributed by atoms with Gasteiger partial charge in [-0.05, 0) is 49.2 Å². The van der Waals surface area contributed by atoms with E-state index in [1.165, 1.54) is 42.5 Å². The van der Waals surface area contributed by atoms with Crippen molar-refractivity contribution in [2.45, 2.75) is 37.7 Å². The van der Waals surface area contributed by atoms with Gasteiger partial charge in [-0.3, -0.25) is 9.59 Å². The Labute approximate surface area is 262 Å². The Bertz CT molecular complexity index is 1920. The standard InChI is InChI=1S/C35H30O11/c1-15-6-23(21-3-2-17(36)11-26(21)41)31(34(44)16-8-18(37)10-19(38)9-16)24(7-15)32-25(40)5-4-22(35(32)45)29-14-28(43)33-27(42)12-20(39)13-30(33)46-29/h2-5,7-13,23-24,29,31,36-42,45H,6,14H2,1H3/t23-,24-,29-,31-/m1/s1. The average molecular weight is 627 g/mol. The quantitative estimate of drug-likeness (QED) is 0.0988. The van der Waals surface area contributed by atoms with Crippen LogP contribution in [0.5, 0.6) is 51.7 Å². The van der Waals surface area contributed by atoms with Crippen LogP contribution in [0.15, 0.2) is 72.3 Å². The molecule has 11 nitrogen and oxygen atoms in total. The van der Waals surface area contributed by atoms with Gasteiger partial charge in [0.2, 0.25) is 0 Å². The molecule has 11 heteroatoms. The average Bonchev–Trinajstić information content (AvgIpc) is 2.95. The van der Waals surface area contributed by atoms with Crippen LogP contribution in [0.2, 0.25) is 0 Å². The zero-order valence-corrected chi connectivity index (χ0v) is 24.4. The number of hydrogen-bond donors (Lipinski definition) is 8. The fourth-order valence-electron chi connectivity index (χ4n) is 6.69. The molecule has 0 amide bonds. The number of hydrogen-bond acceptors (Lipinski definition) is 11. The molecule has 1 aliphatic heterocycles. The van der Waals surface area contributed by atoms with Crippen LogP contribution in [-0.2, 0) is 0 Å². The molecule has 0 unspecified atom stereocenters. The summed E-state index contributed by atoms with van der Waals surface area (Å²) in [6.45, 7) is 1.79. The largest absolute Gasteiger partial charge is 0.508 e. The molecule has 4 atom stereocenters. The van der Waals surface area contributed by atoms with Crippen molar-refractivity contribution in [1.82, 2.24) is 0 Å². The highest BCUT2D eigenvalue weighted by Crippen LogP contribution is 2.54. The van der Waals surface area contributed by atoms with Crippen molar-refractivity contribution in [1.29, 1.82) is 0 Å². The van der Waals surface area contributed by atoms with E-state index in [9.17, 15) is 50.4 Å². The van der Waals surface area contributed by atoms with E-state index >= 15 is 0 Å². The number of rotatable bonds is 5. The fourth-order valence-corrected chi connectivity index (χ4v) is 6.69. The topological polar surface area (TPSA) is 205 Å². The van der Waals surface area contributed by atoms with E-state index in [1.807, 2.05) is 0 Å². The molecule has 8 N–H and O–H groups in total. The number of carbonyl (C=O) groups excluding carboxylic acids is 2. The zero-order chi connectivity index (χ0) is 33.0. The molecule has 0 radical (unpaired) electrons. The summed E-state index contributed by atoms with van der Waals surface area (Å²) in [6.07, 6.45) is 0.581. The molecule has 6 rings (SSSR count). The SMILES string of the molecule is CC1=C[C@@H](c2c(O)ccc([C@H]3CC(=O)c4c(O)cc(O)cc4O3)c2O)[C@H](C(=O)c2cc(O)cc(O)c2)[C@@H](c2ccc(O)cc2O)C1. The van der Waals surface area contributed by atoms with Crippen molar-refractivity contribution < 1.29 is 55.2 Å². The van der Waals surface area contributed by atoms with E-state index in [0.717, 1.165) is 23.8 Å². The molecule has 46 heavy (non-hydrogen) atoms. The van der Waals surface area contributed by atoms with Gasteiger partial charge in [0, 0.05) is 58.7 Å². The third-order valence-corrected chi connectivity index (χ3v) is 8.62. The molecule has 236 valence electrons. The number of benzene rings is 4. The predicted octanol–water partition coefficient (Wildman–Crippen LogP) is 5.75. The number of phenols is 8. The van der Waals surface area contributed by atoms with Crippen LogP contribution < -0.4 is 4.74 Å². The van der Waals surface area contributed by atoms with Crippen LogP contribution in [0.4, 0.5) is 0 Å². The van der Waals surface area contributed by atoms with Crippen LogP contribution in [0.3, 0.4) is 0 Å². The van der Waals surface area contributed by atoms with E-state index in [2.05, 4.69) is 0 Å². The first-order valence-electron chi connectivity index (χ1n) is 14.4. The van der Waals surface area contributed by atoms with Crippen LogP contribution in [0.25, 0.3) is 0 Å². The summed E-state index contributed by atoms with van der Waals surface area (Å²) in [6, 6.07) is 12.2. The normalized spacial score (nSPS) is 20.8. The van der Waals surface area contributed by atoms with Crippen molar-refractivity contribution in [2.24, 2.45) is 5.92 Å². The van der Waals surface area contributed by atoms with E-state index in [1.54, 1.807) is 13.0 Å². The second-order valence-electron chi connectivity index (χ2n) is 11.7. The van der Waals surface area contributed by atoms with Crippen LogP contribution in [0, 0.1) is 5.92 Å². The first-order valence-corrected chi connectivity index (χ1v) is 14.4. The number of fused-ring (bicyclic) bond motifs is 1. The number of aromatic hydroxyl groups is 8.